The number of likely N-dealkylation sites (tertiary alicyclic amines) is 1. The molecule has 0 aromatic carbocycles. The summed E-state index contributed by atoms with van der Waals surface area (Å²) in [7, 11) is 0. The summed E-state index contributed by atoms with van der Waals surface area (Å²) in [5.74, 6) is 0.914. The lowest BCUT2D eigenvalue weighted by Crippen LogP contribution is -2.40. The van der Waals surface area contributed by atoms with Gasteiger partial charge in [-0.1, -0.05) is 0 Å². The molecule has 2 rings (SSSR count). The van der Waals surface area contributed by atoms with Crippen molar-refractivity contribution in [3.05, 3.63) is 23.2 Å². The SMILES string of the molecule is Cc1cc(C(=O)N2CCC[C@H](CCC(=O)O)C2)c(C)o1. The van der Waals surface area contributed by atoms with Crippen molar-refractivity contribution in [2.24, 2.45) is 5.92 Å². The van der Waals surface area contributed by atoms with E-state index in [4.69, 9.17) is 9.52 Å². The van der Waals surface area contributed by atoms with E-state index in [1.54, 1.807) is 13.0 Å². The van der Waals surface area contributed by atoms with Crippen LogP contribution in [0.15, 0.2) is 10.5 Å². The number of rotatable bonds is 4. The molecule has 0 aliphatic carbocycles. The van der Waals surface area contributed by atoms with Gasteiger partial charge in [0.15, 0.2) is 0 Å². The van der Waals surface area contributed by atoms with Gasteiger partial charge in [-0.3, -0.25) is 9.59 Å². The number of carboxylic acids is 1. The fraction of sp³-hybridized carbons (Fsp3) is 0.600. The summed E-state index contributed by atoms with van der Waals surface area (Å²) in [6.45, 7) is 5.02. The number of carboxylic acid groups (broad SMARTS) is 1. The van der Waals surface area contributed by atoms with Gasteiger partial charge in [-0.05, 0) is 45.1 Å². The Hall–Kier alpha value is -1.78. The van der Waals surface area contributed by atoms with Crippen LogP contribution in [0.25, 0.3) is 0 Å². The van der Waals surface area contributed by atoms with Gasteiger partial charge < -0.3 is 14.4 Å². The molecule has 0 saturated carbocycles. The molecule has 1 N–H and O–H groups in total. The average molecular weight is 279 g/mol. The van der Waals surface area contributed by atoms with Crippen molar-refractivity contribution in [3.63, 3.8) is 0 Å². The third-order valence-corrected chi connectivity index (χ3v) is 3.84. The van der Waals surface area contributed by atoms with Crippen LogP contribution in [0, 0.1) is 19.8 Å². The van der Waals surface area contributed by atoms with E-state index in [-0.39, 0.29) is 18.2 Å². The summed E-state index contributed by atoms with van der Waals surface area (Å²) < 4.78 is 5.41. The maximum absolute atomic E-state index is 12.5. The molecule has 0 unspecified atom stereocenters. The number of hydrogen-bond acceptors (Lipinski definition) is 3. The predicted molar refractivity (Wildman–Crippen MR) is 73.7 cm³/mol. The second kappa shape index (κ2) is 6.11. The third-order valence-electron chi connectivity index (χ3n) is 3.84. The topological polar surface area (TPSA) is 70.8 Å². The van der Waals surface area contributed by atoms with Gasteiger partial charge in [0.1, 0.15) is 11.5 Å². The summed E-state index contributed by atoms with van der Waals surface area (Å²) in [6, 6.07) is 1.78. The first-order chi connectivity index (χ1) is 9.47. The van der Waals surface area contributed by atoms with Crippen LogP contribution in [0.3, 0.4) is 0 Å². The van der Waals surface area contributed by atoms with Crippen LogP contribution in [0.4, 0.5) is 0 Å². The lowest BCUT2D eigenvalue weighted by molar-refractivity contribution is -0.137. The van der Waals surface area contributed by atoms with Crippen LogP contribution >= 0.6 is 0 Å². The first-order valence-corrected chi connectivity index (χ1v) is 7.05. The molecule has 0 spiro atoms. The van der Waals surface area contributed by atoms with Crippen molar-refractivity contribution >= 4 is 11.9 Å². The monoisotopic (exact) mass is 279 g/mol. The minimum absolute atomic E-state index is 0.000579. The molecule has 1 saturated heterocycles. The molecule has 1 atom stereocenters. The van der Waals surface area contributed by atoms with Crippen LogP contribution in [0.2, 0.25) is 0 Å². The zero-order valence-corrected chi connectivity index (χ0v) is 12.0. The number of piperidine rings is 1. The van der Waals surface area contributed by atoms with Crippen molar-refractivity contribution in [2.45, 2.75) is 39.5 Å². The van der Waals surface area contributed by atoms with Crippen molar-refractivity contribution in [3.8, 4) is 0 Å². The Labute approximate surface area is 118 Å². The summed E-state index contributed by atoms with van der Waals surface area (Å²) in [4.78, 5) is 24.9. The van der Waals surface area contributed by atoms with Gasteiger partial charge in [0, 0.05) is 19.5 Å². The third kappa shape index (κ3) is 3.40. The number of carbonyl (C=O) groups is 2. The van der Waals surface area contributed by atoms with Crippen LogP contribution < -0.4 is 0 Å². The molecular formula is C15H21NO4. The fourth-order valence-corrected chi connectivity index (χ4v) is 2.83. The molecule has 2 heterocycles. The van der Waals surface area contributed by atoms with E-state index in [2.05, 4.69) is 0 Å². The summed E-state index contributed by atoms with van der Waals surface area (Å²) in [5.41, 5.74) is 0.626. The van der Waals surface area contributed by atoms with Crippen molar-refractivity contribution in [1.29, 1.82) is 0 Å². The van der Waals surface area contributed by atoms with E-state index in [1.165, 1.54) is 0 Å². The van der Waals surface area contributed by atoms with Crippen LogP contribution in [0.1, 0.15) is 47.6 Å². The molecule has 1 aromatic heterocycles. The number of aryl methyl sites for hydroxylation is 2. The minimum atomic E-state index is -0.769. The van der Waals surface area contributed by atoms with E-state index >= 15 is 0 Å². The fourth-order valence-electron chi connectivity index (χ4n) is 2.83. The van der Waals surface area contributed by atoms with Gasteiger partial charge >= 0.3 is 5.97 Å². The van der Waals surface area contributed by atoms with Gasteiger partial charge in [-0.25, -0.2) is 0 Å². The van der Waals surface area contributed by atoms with Crippen molar-refractivity contribution in [1.82, 2.24) is 4.90 Å². The highest BCUT2D eigenvalue weighted by molar-refractivity contribution is 5.95. The average Bonchev–Trinajstić information content (AvgIpc) is 2.75. The first-order valence-electron chi connectivity index (χ1n) is 7.05. The second-order valence-corrected chi connectivity index (χ2v) is 5.52. The van der Waals surface area contributed by atoms with Crippen molar-refractivity contribution < 1.29 is 19.1 Å². The number of nitrogens with zero attached hydrogens (tertiary/aromatic N) is 1. The van der Waals surface area contributed by atoms with E-state index in [0.29, 0.717) is 24.3 Å². The Kier molecular flexibility index (Phi) is 4.47. The lowest BCUT2D eigenvalue weighted by atomic mass is 9.93. The molecule has 0 bridgehead atoms. The molecule has 1 fully saturated rings. The molecule has 1 aliphatic rings. The van der Waals surface area contributed by atoms with Crippen LogP contribution in [-0.4, -0.2) is 35.0 Å². The summed E-state index contributed by atoms with van der Waals surface area (Å²) >= 11 is 0. The largest absolute Gasteiger partial charge is 0.481 e. The van der Waals surface area contributed by atoms with Crippen LogP contribution in [-0.2, 0) is 4.79 Å². The van der Waals surface area contributed by atoms with Crippen molar-refractivity contribution in [2.75, 3.05) is 13.1 Å². The Balaban J connectivity index is 1.99. The second-order valence-electron chi connectivity index (χ2n) is 5.52. The van der Waals surface area contributed by atoms with E-state index in [1.807, 2.05) is 11.8 Å². The van der Waals surface area contributed by atoms with E-state index in [9.17, 15) is 9.59 Å². The molecule has 5 nitrogen and oxygen atoms in total. The van der Waals surface area contributed by atoms with Gasteiger partial charge in [0.25, 0.3) is 5.91 Å². The quantitative estimate of drug-likeness (QED) is 0.919. The zero-order valence-electron chi connectivity index (χ0n) is 12.0. The van der Waals surface area contributed by atoms with Gasteiger partial charge in [-0.2, -0.15) is 0 Å². The van der Waals surface area contributed by atoms with Gasteiger partial charge in [0.05, 0.1) is 5.56 Å². The molecule has 1 amide bonds. The highest BCUT2D eigenvalue weighted by atomic mass is 16.4. The first kappa shape index (κ1) is 14.6. The van der Waals surface area contributed by atoms with E-state index in [0.717, 1.165) is 25.1 Å². The number of furan rings is 1. The maximum atomic E-state index is 12.5. The lowest BCUT2D eigenvalue weighted by Gasteiger charge is -2.32. The predicted octanol–water partition coefficient (Wildman–Crippen LogP) is 2.61. The Morgan fingerprint density at radius 1 is 1.45 bits per heavy atom. The molecule has 110 valence electrons. The molecular weight excluding hydrogens is 258 g/mol. The Morgan fingerprint density at radius 2 is 2.20 bits per heavy atom. The van der Waals surface area contributed by atoms with Gasteiger partial charge in [0.2, 0.25) is 0 Å². The Morgan fingerprint density at radius 3 is 2.80 bits per heavy atom. The van der Waals surface area contributed by atoms with Crippen LogP contribution in [0.5, 0.6) is 0 Å². The number of hydrogen-bond donors (Lipinski definition) is 1. The number of amides is 1. The zero-order chi connectivity index (χ0) is 14.7. The highest BCUT2D eigenvalue weighted by Crippen LogP contribution is 2.24. The normalized spacial score (nSPS) is 19.1. The van der Waals surface area contributed by atoms with E-state index < -0.39 is 5.97 Å². The summed E-state index contributed by atoms with van der Waals surface area (Å²) in [6.07, 6.45) is 2.76. The molecule has 0 radical (unpaired) electrons. The maximum Gasteiger partial charge on any atom is 0.303 e. The highest BCUT2D eigenvalue weighted by Gasteiger charge is 2.26. The standard InChI is InChI=1S/C15H21NO4/c1-10-8-13(11(2)20-10)15(19)16-7-3-4-12(9-16)5-6-14(17)18/h8,12H,3-7,9H2,1-2H3,(H,17,18)/t12-/m1/s1. The Bertz CT molecular complexity index is 506. The molecule has 1 aromatic rings. The number of carbonyl (C=O) groups excluding carboxylic acids is 1. The molecule has 1 aliphatic heterocycles. The minimum Gasteiger partial charge on any atom is -0.481 e. The smallest absolute Gasteiger partial charge is 0.303 e. The van der Waals surface area contributed by atoms with Gasteiger partial charge in [-0.15, -0.1) is 0 Å². The number of aliphatic carboxylic acids is 1. The summed E-state index contributed by atoms with van der Waals surface area (Å²) in [5, 5.41) is 8.74. The molecule has 5 heteroatoms. The molecule has 20 heavy (non-hydrogen) atoms.